The second kappa shape index (κ2) is 4.81. The van der Waals surface area contributed by atoms with Crippen molar-refractivity contribution in [2.75, 3.05) is 0 Å². The summed E-state index contributed by atoms with van der Waals surface area (Å²) in [6, 6.07) is 0. The maximum atomic E-state index is 10.1. The second-order valence-electron chi connectivity index (χ2n) is 3.71. The molecule has 0 amide bonds. The van der Waals surface area contributed by atoms with Crippen LogP contribution in [0.15, 0.2) is 0 Å². The van der Waals surface area contributed by atoms with Crippen LogP contribution >= 0.6 is 0 Å². The lowest BCUT2D eigenvalue weighted by Gasteiger charge is -2.31. The molecule has 0 saturated heterocycles. The average Bonchev–Trinajstić information content (AvgIpc) is 2.11. The molecule has 6 heteroatoms. The van der Waals surface area contributed by atoms with Gasteiger partial charge in [0.2, 0.25) is 0 Å². The molecule has 0 aromatic heterocycles. The lowest BCUT2D eigenvalue weighted by molar-refractivity contribution is -0.160. The molecule has 0 aliphatic carbocycles. The molecule has 0 aromatic carbocycles. The van der Waals surface area contributed by atoms with Gasteiger partial charge < -0.3 is 30.3 Å². The van der Waals surface area contributed by atoms with E-state index in [1.165, 1.54) is 13.8 Å². The Morgan fingerprint density at radius 3 is 1.79 bits per heavy atom. The minimum absolute atomic E-state index is 0.0327. The van der Waals surface area contributed by atoms with Crippen molar-refractivity contribution in [3.05, 3.63) is 0 Å². The molecule has 0 bridgehead atoms. The van der Waals surface area contributed by atoms with E-state index >= 15 is 0 Å². The summed E-state index contributed by atoms with van der Waals surface area (Å²) in [7, 11) is 0. The molecule has 0 aliphatic rings. The van der Waals surface area contributed by atoms with Crippen molar-refractivity contribution in [3.63, 3.8) is 0 Å². The number of hydrogen-bond donors (Lipinski definition) is 5. The van der Waals surface area contributed by atoms with Crippen molar-refractivity contribution in [3.8, 4) is 0 Å². The zero-order valence-corrected chi connectivity index (χ0v) is 8.03. The smallest absolute Gasteiger partial charge is 0.151 e. The SMILES string of the molecule is CC(C)(O)[C@@H](O)[C@@H](O)[C@H](O)[C@H](O)C=O. The highest BCUT2D eigenvalue weighted by molar-refractivity contribution is 5.56. The van der Waals surface area contributed by atoms with Crippen molar-refractivity contribution in [2.24, 2.45) is 0 Å². The molecular formula is C8H16O6. The lowest BCUT2D eigenvalue weighted by atomic mass is 9.92. The van der Waals surface area contributed by atoms with Gasteiger partial charge in [0.1, 0.15) is 24.4 Å². The first-order valence-electron chi connectivity index (χ1n) is 4.11. The van der Waals surface area contributed by atoms with E-state index in [1.807, 2.05) is 0 Å². The van der Waals surface area contributed by atoms with Gasteiger partial charge >= 0.3 is 0 Å². The maximum absolute atomic E-state index is 10.1. The molecular weight excluding hydrogens is 192 g/mol. The van der Waals surface area contributed by atoms with Crippen molar-refractivity contribution >= 4 is 6.29 Å². The van der Waals surface area contributed by atoms with Crippen LogP contribution in [0.3, 0.4) is 0 Å². The predicted molar refractivity (Wildman–Crippen MR) is 46.4 cm³/mol. The molecule has 0 heterocycles. The van der Waals surface area contributed by atoms with E-state index in [1.54, 1.807) is 0 Å². The Morgan fingerprint density at radius 2 is 1.50 bits per heavy atom. The van der Waals surface area contributed by atoms with E-state index in [4.69, 9.17) is 10.2 Å². The summed E-state index contributed by atoms with van der Waals surface area (Å²) in [4.78, 5) is 10.1. The van der Waals surface area contributed by atoms with Crippen LogP contribution in [0.4, 0.5) is 0 Å². The summed E-state index contributed by atoms with van der Waals surface area (Å²) in [6.07, 6.45) is -7.04. The van der Waals surface area contributed by atoms with Gasteiger partial charge in [-0.15, -0.1) is 0 Å². The van der Waals surface area contributed by atoms with E-state index in [0.29, 0.717) is 0 Å². The van der Waals surface area contributed by atoms with Gasteiger partial charge in [0.05, 0.1) is 5.60 Å². The summed E-state index contributed by atoms with van der Waals surface area (Å²) in [5, 5.41) is 45.8. The van der Waals surface area contributed by atoms with Crippen LogP contribution in [0.2, 0.25) is 0 Å². The molecule has 0 rings (SSSR count). The number of aliphatic hydroxyl groups is 5. The topological polar surface area (TPSA) is 118 Å². The zero-order valence-electron chi connectivity index (χ0n) is 8.03. The predicted octanol–water partition coefficient (Wildman–Crippen LogP) is -2.60. The lowest BCUT2D eigenvalue weighted by Crippen LogP contribution is -2.53. The van der Waals surface area contributed by atoms with Crippen LogP contribution in [0.5, 0.6) is 0 Å². The molecule has 0 unspecified atom stereocenters. The number of carbonyl (C=O) groups is 1. The monoisotopic (exact) mass is 208 g/mol. The molecule has 4 atom stereocenters. The van der Waals surface area contributed by atoms with Crippen LogP contribution in [0.1, 0.15) is 13.8 Å². The van der Waals surface area contributed by atoms with Gasteiger partial charge in [-0.3, -0.25) is 0 Å². The van der Waals surface area contributed by atoms with E-state index < -0.39 is 30.0 Å². The third-order valence-corrected chi connectivity index (χ3v) is 1.89. The zero-order chi connectivity index (χ0) is 11.5. The first-order valence-corrected chi connectivity index (χ1v) is 4.11. The standard InChI is InChI=1S/C8H16O6/c1-8(2,14)7(13)6(12)5(11)4(10)3-9/h3-7,10-14H,1-2H3/t4-,5-,6+,7+/m1/s1. The minimum atomic E-state index is -1.83. The quantitative estimate of drug-likeness (QED) is 0.316. The fraction of sp³-hybridized carbons (Fsp3) is 0.875. The summed E-state index contributed by atoms with van der Waals surface area (Å²) in [5.41, 5.74) is -1.64. The van der Waals surface area contributed by atoms with Crippen molar-refractivity contribution in [2.45, 2.75) is 43.9 Å². The Hall–Kier alpha value is -0.530. The summed E-state index contributed by atoms with van der Waals surface area (Å²) in [5.74, 6) is 0. The van der Waals surface area contributed by atoms with Crippen LogP contribution in [0.25, 0.3) is 0 Å². The Morgan fingerprint density at radius 1 is 1.07 bits per heavy atom. The van der Waals surface area contributed by atoms with E-state index in [2.05, 4.69) is 0 Å². The van der Waals surface area contributed by atoms with Crippen LogP contribution in [-0.2, 0) is 4.79 Å². The Labute approximate surface area is 81.4 Å². The van der Waals surface area contributed by atoms with E-state index in [-0.39, 0.29) is 6.29 Å². The van der Waals surface area contributed by atoms with Gasteiger partial charge in [-0.25, -0.2) is 0 Å². The fourth-order valence-electron chi connectivity index (χ4n) is 0.887. The molecule has 0 fully saturated rings. The van der Waals surface area contributed by atoms with Crippen LogP contribution < -0.4 is 0 Å². The largest absolute Gasteiger partial charge is 0.388 e. The highest BCUT2D eigenvalue weighted by atomic mass is 16.4. The molecule has 0 aliphatic heterocycles. The van der Waals surface area contributed by atoms with Gasteiger partial charge in [-0.05, 0) is 13.8 Å². The Kier molecular flexibility index (Phi) is 4.63. The van der Waals surface area contributed by atoms with Gasteiger partial charge in [-0.1, -0.05) is 0 Å². The fourth-order valence-corrected chi connectivity index (χ4v) is 0.887. The van der Waals surface area contributed by atoms with Crippen molar-refractivity contribution in [1.29, 1.82) is 0 Å². The first-order chi connectivity index (χ1) is 6.21. The molecule has 0 spiro atoms. The molecule has 6 nitrogen and oxygen atoms in total. The number of aldehydes is 1. The van der Waals surface area contributed by atoms with E-state index in [0.717, 1.165) is 0 Å². The number of hydrogen-bond acceptors (Lipinski definition) is 6. The van der Waals surface area contributed by atoms with Gasteiger partial charge in [0.15, 0.2) is 6.29 Å². The second-order valence-corrected chi connectivity index (χ2v) is 3.71. The van der Waals surface area contributed by atoms with Crippen LogP contribution in [-0.4, -0.2) is 61.8 Å². The van der Waals surface area contributed by atoms with E-state index in [9.17, 15) is 20.1 Å². The first kappa shape index (κ1) is 13.5. The highest BCUT2D eigenvalue weighted by Crippen LogP contribution is 2.15. The number of carbonyl (C=O) groups excluding carboxylic acids is 1. The minimum Gasteiger partial charge on any atom is -0.388 e. The molecule has 14 heavy (non-hydrogen) atoms. The van der Waals surface area contributed by atoms with Gasteiger partial charge in [0.25, 0.3) is 0 Å². The Bertz CT molecular complexity index is 187. The molecule has 5 N–H and O–H groups in total. The molecule has 0 saturated carbocycles. The maximum Gasteiger partial charge on any atom is 0.151 e. The third-order valence-electron chi connectivity index (χ3n) is 1.89. The Balaban J connectivity index is 4.46. The number of rotatable bonds is 5. The van der Waals surface area contributed by atoms with Crippen LogP contribution in [0, 0.1) is 0 Å². The third kappa shape index (κ3) is 3.32. The summed E-state index contributed by atoms with van der Waals surface area (Å²) < 4.78 is 0. The molecule has 0 radical (unpaired) electrons. The highest BCUT2D eigenvalue weighted by Gasteiger charge is 2.37. The van der Waals surface area contributed by atoms with Gasteiger partial charge in [-0.2, -0.15) is 0 Å². The summed E-state index contributed by atoms with van der Waals surface area (Å²) in [6.45, 7) is 2.45. The average molecular weight is 208 g/mol. The molecule has 84 valence electrons. The normalized spacial score (nSPS) is 21.1. The van der Waals surface area contributed by atoms with Crippen molar-refractivity contribution < 1.29 is 30.3 Å². The van der Waals surface area contributed by atoms with Gasteiger partial charge in [0, 0.05) is 0 Å². The molecule has 0 aromatic rings. The van der Waals surface area contributed by atoms with Crippen molar-refractivity contribution in [1.82, 2.24) is 0 Å². The number of aliphatic hydroxyl groups excluding tert-OH is 4. The summed E-state index contributed by atoms with van der Waals surface area (Å²) >= 11 is 0.